The second-order valence-electron chi connectivity index (χ2n) is 1.64. The van der Waals surface area contributed by atoms with Crippen molar-refractivity contribution >= 4 is 11.6 Å². The van der Waals surface area contributed by atoms with Crippen molar-refractivity contribution in [2.45, 2.75) is 0 Å². The molecule has 0 saturated carbocycles. The van der Waals surface area contributed by atoms with E-state index in [9.17, 15) is 4.79 Å². The van der Waals surface area contributed by atoms with E-state index in [1.165, 1.54) is 0 Å². The van der Waals surface area contributed by atoms with Gasteiger partial charge in [-0.05, 0) is 0 Å². The summed E-state index contributed by atoms with van der Waals surface area (Å²) in [5.74, 6) is 1.06. The molecule has 2 heterocycles. The van der Waals surface area contributed by atoms with Gasteiger partial charge in [0.2, 0.25) is 0 Å². The van der Waals surface area contributed by atoms with Gasteiger partial charge in [-0.2, -0.15) is 4.94 Å². The quantitative estimate of drug-likeness (QED) is 0.375. The lowest BCUT2D eigenvalue weighted by Gasteiger charge is -1.87. The first kappa shape index (κ1) is 4.45. The fourth-order valence-corrected chi connectivity index (χ4v) is 0.664. The van der Waals surface area contributed by atoms with Crippen molar-refractivity contribution in [1.29, 1.82) is 0 Å². The first-order chi connectivity index (χ1) is 4.36. The number of H-pyrrole nitrogens is 2. The molecule has 0 amide bonds. The van der Waals surface area contributed by atoms with Crippen LogP contribution >= 0.6 is 0 Å². The molecule has 0 saturated heterocycles. The third-order valence-corrected chi connectivity index (χ3v) is 1.03. The van der Waals surface area contributed by atoms with E-state index in [0.29, 0.717) is 11.6 Å². The van der Waals surface area contributed by atoms with Gasteiger partial charge in [0.05, 0.1) is 0 Å². The highest BCUT2D eigenvalue weighted by atomic mass is 16.8. The number of rotatable bonds is 0. The van der Waals surface area contributed by atoms with Crippen LogP contribution in [0.3, 0.4) is 0 Å². The summed E-state index contributed by atoms with van der Waals surface area (Å²) in [6, 6.07) is 0. The lowest BCUT2D eigenvalue weighted by Crippen LogP contribution is -2.06. The maximum Gasteiger partial charge on any atom is 0.326 e. The Morgan fingerprint density at radius 3 is 2.22 bits per heavy atom. The zero-order valence-corrected chi connectivity index (χ0v) is 4.32. The summed E-state index contributed by atoms with van der Waals surface area (Å²) in [5, 5.41) is 0. The molecule has 1 aliphatic rings. The molecule has 0 fully saturated rings. The second-order valence-corrected chi connectivity index (χ2v) is 1.64. The van der Waals surface area contributed by atoms with Crippen molar-refractivity contribution in [3.63, 3.8) is 0 Å². The van der Waals surface area contributed by atoms with Gasteiger partial charge in [0.15, 0.2) is 11.6 Å². The molecule has 6 nitrogen and oxygen atoms in total. The van der Waals surface area contributed by atoms with E-state index in [1.54, 1.807) is 0 Å². The molecule has 1 aliphatic heterocycles. The lowest BCUT2D eigenvalue weighted by molar-refractivity contribution is 0.279. The van der Waals surface area contributed by atoms with Crippen LogP contribution in [0.1, 0.15) is 0 Å². The van der Waals surface area contributed by atoms with Gasteiger partial charge in [-0.1, -0.05) is 0 Å². The van der Waals surface area contributed by atoms with Gasteiger partial charge in [-0.15, -0.1) is 0 Å². The molecule has 1 aromatic heterocycles. The summed E-state index contributed by atoms with van der Waals surface area (Å²) in [5.41, 5.74) is 4.59. The Kier molecular flexibility index (Phi) is 0.638. The summed E-state index contributed by atoms with van der Waals surface area (Å²) < 4.78 is 0. The molecular formula is C3H4N4O2. The van der Waals surface area contributed by atoms with E-state index in [0.717, 1.165) is 0 Å². The minimum Gasteiger partial charge on any atom is -0.289 e. The molecule has 4 N–H and O–H groups in total. The molecule has 48 valence electrons. The fourth-order valence-electron chi connectivity index (χ4n) is 0.664. The summed E-state index contributed by atoms with van der Waals surface area (Å²) >= 11 is 0. The Morgan fingerprint density at radius 2 is 1.67 bits per heavy atom. The predicted octanol–water partition coefficient (Wildman–Crippen LogP) is -0.613. The average Bonchev–Trinajstić information content (AvgIpc) is 2.22. The van der Waals surface area contributed by atoms with Crippen LogP contribution in [0.25, 0.3) is 0 Å². The van der Waals surface area contributed by atoms with Gasteiger partial charge >= 0.3 is 5.69 Å². The number of fused-ring (bicyclic) bond motifs is 1. The van der Waals surface area contributed by atoms with Crippen molar-refractivity contribution in [3.05, 3.63) is 10.5 Å². The first-order valence-corrected chi connectivity index (χ1v) is 2.36. The monoisotopic (exact) mass is 128 g/mol. The fraction of sp³-hybridized carbons (Fsp3) is 0. The Balaban J connectivity index is 2.64. The zero-order valence-electron chi connectivity index (χ0n) is 4.32. The number of hydrogen-bond donors (Lipinski definition) is 4. The van der Waals surface area contributed by atoms with Crippen LogP contribution in [0, 0.1) is 0 Å². The van der Waals surface area contributed by atoms with Crippen LogP contribution in [0.2, 0.25) is 0 Å². The van der Waals surface area contributed by atoms with Crippen LogP contribution in [0.4, 0.5) is 11.6 Å². The van der Waals surface area contributed by atoms with Crippen LogP contribution in [0.15, 0.2) is 4.79 Å². The molecule has 0 spiro atoms. The van der Waals surface area contributed by atoms with Gasteiger partial charge in [0.1, 0.15) is 0 Å². The normalized spacial score (nSPS) is 14.2. The lowest BCUT2D eigenvalue weighted by atomic mass is 10.7. The van der Waals surface area contributed by atoms with Gasteiger partial charge in [0.25, 0.3) is 0 Å². The number of nitrogens with one attached hydrogen (secondary N) is 4. The van der Waals surface area contributed by atoms with Crippen molar-refractivity contribution in [2.75, 3.05) is 11.0 Å². The second kappa shape index (κ2) is 1.29. The van der Waals surface area contributed by atoms with E-state index in [4.69, 9.17) is 0 Å². The van der Waals surface area contributed by atoms with Gasteiger partial charge < -0.3 is 0 Å². The molecule has 2 rings (SSSR count). The molecule has 0 bridgehead atoms. The van der Waals surface area contributed by atoms with Crippen molar-refractivity contribution in [3.8, 4) is 0 Å². The highest BCUT2D eigenvalue weighted by Gasteiger charge is 2.12. The molecule has 0 unspecified atom stereocenters. The van der Waals surface area contributed by atoms with Crippen LogP contribution in [-0.4, -0.2) is 9.97 Å². The van der Waals surface area contributed by atoms with E-state index in [2.05, 4.69) is 25.9 Å². The predicted molar refractivity (Wildman–Crippen MR) is 29.7 cm³/mol. The van der Waals surface area contributed by atoms with Crippen LogP contribution in [0.5, 0.6) is 0 Å². The Morgan fingerprint density at radius 1 is 1.11 bits per heavy atom. The maximum atomic E-state index is 10.5. The van der Waals surface area contributed by atoms with E-state index < -0.39 is 0 Å². The molecule has 9 heavy (non-hydrogen) atoms. The zero-order chi connectivity index (χ0) is 6.27. The minimum absolute atomic E-state index is 0.261. The molecule has 6 heteroatoms. The third-order valence-electron chi connectivity index (χ3n) is 1.03. The standard InChI is InChI=1S/C3H4N4O2/c8-3-4-1-2(5-3)7-9-6-1/h6-7H,(H2,4,5,8). The van der Waals surface area contributed by atoms with E-state index in [-0.39, 0.29) is 5.69 Å². The topological polar surface area (TPSA) is 81.9 Å². The number of aromatic amines is 2. The molecule has 0 aliphatic carbocycles. The summed E-state index contributed by atoms with van der Waals surface area (Å²) in [6.45, 7) is 0. The first-order valence-electron chi connectivity index (χ1n) is 2.36. The molecule has 1 aromatic rings. The molecular weight excluding hydrogens is 124 g/mol. The van der Waals surface area contributed by atoms with Crippen LogP contribution in [-0.2, 0) is 4.94 Å². The molecule has 0 radical (unpaired) electrons. The highest BCUT2D eigenvalue weighted by molar-refractivity contribution is 5.59. The van der Waals surface area contributed by atoms with E-state index in [1.807, 2.05) is 0 Å². The number of anilines is 2. The Hall–Kier alpha value is -1.43. The Labute approximate surface area is 49.1 Å². The highest BCUT2D eigenvalue weighted by Crippen LogP contribution is 2.17. The van der Waals surface area contributed by atoms with Crippen molar-refractivity contribution in [2.24, 2.45) is 0 Å². The van der Waals surface area contributed by atoms with Gasteiger partial charge in [-0.3, -0.25) is 9.97 Å². The van der Waals surface area contributed by atoms with Gasteiger partial charge in [0, 0.05) is 0 Å². The van der Waals surface area contributed by atoms with Crippen LogP contribution < -0.4 is 16.6 Å². The SMILES string of the molecule is O=c1[nH]c2c([nH]1)NON2. The maximum absolute atomic E-state index is 10.5. The number of hydrogen-bond acceptors (Lipinski definition) is 4. The largest absolute Gasteiger partial charge is 0.326 e. The van der Waals surface area contributed by atoms with Gasteiger partial charge in [-0.25, -0.2) is 15.8 Å². The number of imidazole rings is 1. The summed E-state index contributed by atoms with van der Waals surface area (Å²) in [6.07, 6.45) is 0. The van der Waals surface area contributed by atoms with Crippen molar-refractivity contribution < 1.29 is 4.94 Å². The Bertz CT molecular complexity index is 249. The average molecular weight is 128 g/mol. The third kappa shape index (κ3) is 0.500. The molecule has 0 aromatic carbocycles. The number of aromatic nitrogens is 2. The van der Waals surface area contributed by atoms with E-state index >= 15 is 0 Å². The minimum atomic E-state index is -0.261. The summed E-state index contributed by atoms with van der Waals surface area (Å²) in [7, 11) is 0. The smallest absolute Gasteiger partial charge is 0.289 e. The van der Waals surface area contributed by atoms with Crippen molar-refractivity contribution in [1.82, 2.24) is 9.97 Å². The molecule has 0 atom stereocenters. The summed E-state index contributed by atoms with van der Waals surface area (Å²) in [4.78, 5) is 19.9.